The lowest BCUT2D eigenvalue weighted by atomic mass is 10.0. The Hall–Kier alpha value is -3.14. The van der Waals surface area contributed by atoms with Gasteiger partial charge in [0.05, 0.1) is 6.61 Å². The number of rotatable bonds is 4. The lowest BCUT2D eigenvalue weighted by Gasteiger charge is -2.09. The second-order valence-corrected chi connectivity index (χ2v) is 5.49. The monoisotopic (exact) mass is 315 g/mol. The maximum absolute atomic E-state index is 5.78. The smallest absolute Gasteiger partial charge is 0.137 e. The van der Waals surface area contributed by atoms with Crippen LogP contribution in [0.3, 0.4) is 0 Å². The zero-order chi connectivity index (χ0) is 16.4. The van der Waals surface area contributed by atoms with Crippen molar-refractivity contribution in [3.05, 3.63) is 67.3 Å². The Morgan fingerprint density at radius 3 is 2.67 bits per heavy atom. The average molecular weight is 315 g/mol. The highest BCUT2D eigenvalue weighted by atomic mass is 16.5. The molecule has 0 aliphatic heterocycles. The molecule has 4 aromatic rings. The van der Waals surface area contributed by atoms with Crippen LogP contribution in [0.2, 0.25) is 0 Å². The summed E-state index contributed by atoms with van der Waals surface area (Å²) in [6, 6.07) is 14.2. The highest BCUT2D eigenvalue weighted by Gasteiger charge is 2.12. The standard InChI is InChI=1S/C20H17N3O/c1-2-24-19-6-4-3-5-16(19)18-13-23-20-17(18)11-15(12-22-20)14-7-9-21-10-8-14/h3-13H,2H2,1H3,(H,22,23). The predicted octanol–water partition coefficient (Wildman–Crippen LogP) is 4.69. The number of nitrogens with one attached hydrogen (secondary N) is 1. The molecule has 0 saturated carbocycles. The molecule has 0 unspecified atom stereocenters. The molecule has 0 bridgehead atoms. The zero-order valence-electron chi connectivity index (χ0n) is 13.4. The number of fused-ring (bicyclic) bond motifs is 1. The molecule has 24 heavy (non-hydrogen) atoms. The van der Waals surface area contributed by atoms with Crippen LogP contribution in [0, 0.1) is 0 Å². The van der Waals surface area contributed by atoms with Gasteiger partial charge in [0.1, 0.15) is 11.4 Å². The molecule has 0 saturated heterocycles. The van der Waals surface area contributed by atoms with Gasteiger partial charge in [-0.05, 0) is 36.8 Å². The summed E-state index contributed by atoms with van der Waals surface area (Å²) in [4.78, 5) is 11.9. The molecule has 4 nitrogen and oxygen atoms in total. The Morgan fingerprint density at radius 2 is 1.83 bits per heavy atom. The fourth-order valence-corrected chi connectivity index (χ4v) is 2.90. The third-order valence-corrected chi connectivity index (χ3v) is 4.02. The van der Waals surface area contributed by atoms with Gasteiger partial charge in [-0.3, -0.25) is 4.98 Å². The minimum atomic E-state index is 0.639. The molecule has 1 N–H and O–H groups in total. The molecule has 3 aromatic heterocycles. The van der Waals surface area contributed by atoms with Gasteiger partial charge >= 0.3 is 0 Å². The number of hydrogen-bond donors (Lipinski definition) is 1. The molecule has 1 aromatic carbocycles. The maximum Gasteiger partial charge on any atom is 0.137 e. The van der Waals surface area contributed by atoms with Gasteiger partial charge in [-0.2, -0.15) is 0 Å². The Labute approximate surface area is 140 Å². The van der Waals surface area contributed by atoms with Crippen LogP contribution in [-0.2, 0) is 0 Å². The van der Waals surface area contributed by atoms with E-state index >= 15 is 0 Å². The topological polar surface area (TPSA) is 50.8 Å². The Balaban J connectivity index is 1.88. The minimum absolute atomic E-state index is 0.639. The molecule has 4 heteroatoms. The number of pyridine rings is 2. The third-order valence-electron chi connectivity index (χ3n) is 4.02. The molecule has 0 radical (unpaired) electrons. The summed E-state index contributed by atoms with van der Waals surface area (Å²) < 4.78 is 5.78. The summed E-state index contributed by atoms with van der Waals surface area (Å²) in [5, 5.41) is 1.08. The van der Waals surface area contributed by atoms with Crippen LogP contribution < -0.4 is 4.74 Å². The van der Waals surface area contributed by atoms with Crippen LogP contribution in [0.5, 0.6) is 5.75 Å². The summed E-state index contributed by atoms with van der Waals surface area (Å²) in [5.74, 6) is 0.884. The number of para-hydroxylation sites is 1. The molecular weight excluding hydrogens is 298 g/mol. The first kappa shape index (κ1) is 14.5. The van der Waals surface area contributed by atoms with Crippen molar-refractivity contribution in [1.29, 1.82) is 0 Å². The molecule has 0 aliphatic carbocycles. The second kappa shape index (κ2) is 6.16. The van der Waals surface area contributed by atoms with Crippen LogP contribution >= 0.6 is 0 Å². The Kier molecular flexibility index (Phi) is 3.71. The molecule has 118 valence electrons. The molecule has 0 spiro atoms. The van der Waals surface area contributed by atoms with E-state index in [9.17, 15) is 0 Å². The summed E-state index contributed by atoms with van der Waals surface area (Å²) in [6.45, 7) is 2.63. The van der Waals surface area contributed by atoms with Crippen LogP contribution in [0.1, 0.15) is 6.92 Å². The van der Waals surface area contributed by atoms with E-state index in [0.717, 1.165) is 39.0 Å². The van der Waals surface area contributed by atoms with E-state index < -0.39 is 0 Å². The average Bonchev–Trinajstić information content (AvgIpc) is 3.06. The van der Waals surface area contributed by atoms with Gasteiger partial charge in [-0.1, -0.05) is 18.2 Å². The fraction of sp³-hybridized carbons (Fsp3) is 0.100. The van der Waals surface area contributed by atoms with E-state index in [2.05, 4.69) is 27.1 Å². The quantitative estimate of drug-likeness (QED) is 0.594. The lowest BCUT2D eigenvalue weighted by molar-refractivity contribution is 0.341. The molecule has 0 aliphatic rings. The van der Waals surface area contributed by atoms with Crippen molar-refractivity contribution in [2.45, 2.75) is 6.92 Å². The number of aromatic nitrogens is 3. The van der Waals surface area contributed by atoms with E-state index in [4.69, 9.17) is 4.74 Å². The number of benzene rings is 1. The summed E-state index contributed by atoms with van der Waals surface area (Å²) in [7, 11) is 0. The Morgan fingerprint density at radius 1 is 1.00 bits per heavy atom. The van der Waals surface area contributed by atoms with Crippen molar-refractivity contribution in [3.63, 3.8) is 0 Å². The van der Waals surface area contributed by atoms with Crippen LogP contribution in [0.15, 0.2) is 67.3 Å². The van der Waals surface area contributed by atoms with Crippen molar-refractivity contribution < 1.29 is 4.74 Å². The van der Waals surface area contributed by atoms with Gasteiger partial charge in [0.25, 0.3) is 0 Å². The number of nitrogens with zero attached hydrogens (tertiary/aromatic N) is 2. The number of H-pyrrole nitrogens is 1. The molecule has 0 amide bonds. The van der Waals surface area contributed by atoms with Crippen molar-refractivity contribution in [1.82, 2.24) is 15.0 Å². The number of ether oxygens (including phenoxy) is 1. The summed E-state index contributed by atoms with van der Waals surface area (Å²) in [6.07, 6.45) is 7.46. The van der Waals surface area contributed by atoms with Crippen molar-refractivity contribution >= 4 is 11.0 Å². The van der Waals surface area contributed by atoms with Crippen LogP contribution in [0.4, 0.5) is 0 Å². The highest BCUT2D eigenvalue weighted by molar-refractivity contribution is 5.97. The highest BCUT2D eigenvalue weighted by Crippen LogP contribution is 2.35. The van der Waals surface area contributed by atoms with E-state index in [1.165, 1.54) is 0 Å². The molecule has 4 rings (SSSR count). The summed E-state index contributed by atoms with van der Waals surface area (Å²) in [5.41, 5.74) is 5.20. The lowest BCUT2D eigenvalue weighted by Crippen LogP contribution is -1.93. The third kappa shape index (κ3) is 2.52. The molecule has 0 fully saturated rings. The fourth-order valence-electron chi connectivity index (χ4n) is 2.90. The molecule has 3 heterocycles. The normalized spacial score (nSPS) is 10.9. The van der Waals surface area contributed by atoms with Crippen molar-refractivity contribution in [2.24, 2.45) is 0 Å². The van der Waals surface area contributed by atoms with E-state index in [1.54, 1.807) is 12.4 Å². The van der Waals surface area contributed by atoms with Gasteiger partial charge in [-0.15, -0.1) is 0 Å². The predicted molar refractivity (Wildman–Crippen MR) is 95.9 cm³/mol. The van der Waals surface area contributed by atoms with Crippen LogP contribution in [-0.4, -0.2) is 21.6 Å². The van der Waals surface area contributed by atoms with Gasteiger partial charge in [0.2, 0.25) is 0 Å². The van der Waals surface area contributed by atoms with Crippen LogP contribution in [0.25, 0.3) is 33.3 Å². The van der Waals surface area contributed by atoms with Gasteiger partial charge < -0.3 is 9.72 Å². The maximum atomic E-state index is 5.78. The van der Waals surface area contributed by atoms with E-state index in [0.29, 0.717) is 6.61 Å². The number of aromatic amines is 1. The SMILES string of the molecule is CCOc1ccccc1-c1c[nH]c2ncc(-c3ccncc3)cc12. The van der Waals surface area contributed by atoms with Gasteiger partial charge in [-0.25, -0.2) is 4.98 Å². The first-order valence-electron chi connectivity index (χ1n) is 7.96. The Bertz CT molecular complexity index is 977. The second-order valence-electron chi connectivity index (χ2n) is 5.49. The molecule has 0 atom stereocenters. The van der Waals surface area contributed by atoms with Gasteiger partial charge in [0.15, 0.2) is 0 Å². The minimum Gasteiger partial charge on any atom is -0.493 e. The number of hydrogen-bond acceptors (Lipinski definition) is 3. The first-order chi connectivity index (χ1) is 11.9. The zero-order valence-corrected chi connectivity index (χ0v) is 13.4. The van der Waals surface area contributed by atoms with Crippen molar-refractivity contribution in [2.75, 3.05) is 6.61 Å². The van der Waals surface area contributed by atoms with E-state index in [-0.39, 0.29) is 0 Å². The first-order valence-corrected chi connectivity index (χ1v) is 7.96. The summed E-state index contributed by atoms with van der Waals surface area (Å²) >= 11 is 0. The van der Waals surface area contributed by atoms with E-state index in [1.807, 2.05) is 49.6 Å². The largest absolute Gasteiger partial charge is 0.493 e. The van der Waals surface area contributed by atoms with Crippen molar-refractivity contribution in [3.8, 4) is 28.0 Å². The molecular formula is C20H17N3O. The van der Waals surface area contributed by atoms with Gasteiger partial charge in [0, 0.05) is 46.9 Å².